The monoisotopic (exact) mass is 415 g/mol. The van der Waals surface area contributed by atoms with Gasteiger partial charge in [-0.05, 0) is 50.1 Å². The lowest BCUT2D eigenvalue weighted by atomic mass is 10.1. The molecule has 0 bridgehead atoms. The van der Waals surface area contributed by atoms with Crippen LogP contribution in [0.2, 0.25) is 0 Å². The van der Waals surface area contributed by atoms with Crippen LogP contribution in [0.3, 0.4) is 0 Å². The van der Waals surface area contributed by atoms with Gasteiger partial charge in [-0.3, -0.25) is 9.59 Å². The maximum Gasteiger partial charge on any atom is 0.408 e. The van der Waals surface area contributed by atoms with Crippen LogP contribution < -0.4 is 16.0 Å². The van der Waals surface area contributed by atoms with E-state index in [1.54, 1.807) is 63.2 Å². The third-order valence-electron chi connectivity index (χ3n) is 3.83. The Balaban J connectivity index is 1.75. The van der Waals surface area contributed by atoms with Crippen molar-refractivity contribution in [3.8, 4) is 0 Å². The Morgan fingerprint density at radius 3 is 2.23 bits per heavy atom. The summed E-state index contributed by atoms with van der Waals surface area (Å²) >= 11 is 0. The second kappa shape index (κ2) is 10.4. The number of amides is 3. The summed E-state index contributed by atoms with van der Waals surface area (Å²) < 4.78 is 18.6. The van der Waals surface area contributed by atoms with Crippen LogP contribution >= 0.6 is 0 Å². The van der Waals surface area contributed by atoms with Crippen LogP contribution in [0.4, 0.5) is 14.9 Å². The standard InChI is InChI=1S/C22H26FN3O4/c1-22(2,3)30-21(29)25-14-20(28)26-17-10-8-15(9-11-17)13-24-19(27)12-16-6-4-5-7-18(16)23/h4-11H,12-14H2,1-3H3,(H,24,27)(H,25,29)(H,26,28). The SMILES string of the molecule is CC(C)(C)OC(=O)NCC(=O)Nc1ccc(CNC(=O)Cc2ccccc2F)cc1. The highest BCUT2D eigenvalue weighted by Gasteiger charge is 2.16. The molecule has 0 spiro atoms. The molecule has 0 atom stereocenters. The summed E-state index contributed by atoms with van der Waals surface area (Å²) in [6.07, 6.45) is -0.704. The highest BCUT2D eigenvalue weighted by Crippen LogP contribution is 2.11. The van der Waals surface area contributed by atoms with Crippen LogP contribution in [0.5, 0.6) is 0 Å². The molecule has 8 heteroatoms. The van der Waals surface area contributed by atoms with Gasteiger partial charge in [-0.2, -0.15) is 0 Å². The minimum absolute atomic E-state index is 0.0362. The summed E-state index contributed by atoms with van der Waals surface area (Å²) in [7, 11) is 0. The molecule has 2 aromatic carbocycles. The zero-order valence-electron chi connectivity index (χ0n) is 17.3. The second-order valence-electron chi connectivity index (χ2n) is 7.65. The van der Waals surface area contributed by atoms with Gasteiger partial charge in [0.15, 0.2) is 0 Å². The van der Waals surface area contributed by atoms with Gasteiger partial charge in [0.05, 0.1) is 6.42 Å². The fourth-order valence-electron chi connectivity index (χ4n) is 2.46. The lowest BCUT2D eigenvalue weighted by Crippen LogP contribution is -2.37. The molecule has 160 valence electrons. The largest absolute Gasteiger partial charge is 0.444 e. The predicted molar refractivity (Wildman–Crippen MR) is 111 cm³/mol. The van der Waals surface area contributed by atoms with E-state index < -0.39 is 23.4 Å². The summed E-state index contributed by atoms with van der Waals surface area (Å²) in [6.45, 7) is 5.26. The Hall–Kier alpha value is -3.42. The van der Waals surface area contributed by atoms with Crippen LogP contribution in [-0.2, 0) is 27.3 Å². The van der Waals surface area contributed by atoms with E-state index in [0.29, 0.717) is 11.3 Å². The van der Waals surface area contributed by atoms with E-state index in [1.165, 1.54) is 6.07 Å². The highest BCUT2D eigenvalue weighted by atomic mass is 19.1. The van der Waals surface area contributed by atoms with E-state index in [0.717, 1.165) is 5.56 Å². The van der Waals surface area contributed by atoms with Crippen molar-refractivity contribution in [3.05, 3.63) is 65.5 Å². The highest BCUT2D eigenvalue weighted by molar-refractivity contribution is 5.93. The second-order valence-corrected chi connectivity index (χ2v) is 7.65. The average Bonchev–Trinajstić information content (AvgIpc) is 2.66. The molecule has 2 aromatic rings. The van der Waals surface area contributed by atoms with E-state index in [-0.39, 0.29) is 25.4 Å². The van der Waals surface area contributed by atoms with Gasteiger partial charge in [-0.25, -0.2) is 9.18 Å². The first-order valence-corrected chi connectivity index (χ1v) is 9.48. The topological polar surface area (TPSA) is 96.5 Å². The Morgan fingerprint density at radius 1 is 0.933 bits per heavy atom. The number of halogens is 1. The smallest absolute Gasteiger partial charge is 0.408 e. The Morgan fingerprint density at radius 2 is 1.60 bits per heavy atom. The van der Waals surface area contributed by atoms with Gasteiger partial charge in [-0.1, -0.05) is 30.3 Å². The molecule has 0 aromatic heterocycles. The van der Waals surface area contributed by atoms with Crippen LogP contribution in [0.15, 0.2) is 48.5 Å². The predicted octanol–water partition coefficient (Wildman–Crippen LogP) is 3.15. The van der Waals surface area contributed by atoms with Crippen molar-refractivity contribution < 1.29 is 23.5 Å². The minimum Gasteiger partial charge on any atom is -0.444 e. The average molecular weight is 415 g/mol. The number of ether oxygens (including phenoxy) is 1. The van der Waals surface area contributed by atoms with Gasteiger partial charge in [0.1, 0.15) is 18.0 Å². The number of nitrogens with one attached hydrogen (secondary N) is 3. The van der Waals surface area contributed by atoms with E-state index in [2.05, 4.69) is 16.0 Å². The Kier molecular flexibility index (Phi) is 7.91. The van der Waals surface area contributed by atoms with E-state index in [4.69, 9.17) is 4.74 Å². The molecule has 3 N–H and O–H groups in total. The van der Waals surface area contributed by atoms with E-state index in [9.17, 15) is 18.8 Å². The summed E-state index contributed by atoms with van der Waals surface area (Å²) in [6, 6.07) is 13.0. The summed E-state index contributed by atoms with van der Waals surface area (Å²) in [5, 5.41) is 7.76. The lowest BCUT2D eigenvalue weighted by molar-refractivity contribution is -0.120. The first kappa shape index (κ1) is 22.9. The molecule has 0 saturated heterocycles. The van der Waals surface area contributed by atoms with Crippen LogP contribution in [0.1, 0.15) is 31.9 Å². The normalized spacial score (nSPS) is 10.8. The van der Waals surface area contributed by atoms with Gasteiger partial charge >= 0.3 is 6.09 Å². The molecule has 0 aliphatic carbocycles. The fourth-order valence-corrected chi connectivity index (χ4v) is 2.46. The third kappa shape index (κ3) is 8.30. The Labute approximate surface area is 175 Å². The number of rotatable bonds is 7. The molecule has 0 heterocycles. The number of carbonyl (C=O) groups is 3. The first-order valence-electron chi connectivity index (χ1n) is 9.48. The van der Waals surface area contributed by atoms with Crippen LogP contribution in [0.25, 0.3) is 0 Å². The summed E-state index contributed by atoms with van der Waals surface area (Å²) in [4.78, 5) is 35.5. The molecule has 30 heavy (non-hydrogen) atoms. The van der Waals surface area contributed by atoms with E-state index >= 15 is 0 Å². The number of alkyl carbamates (subject to hydrolysis) is 1. The number of hydrogen-bond acceptors (Lipinski definition) is 4. The van der Waals surface area contributed by atoms with Gasteiger partial charge in [0, 0.05) is 12.2 Å². The van der Waals surface area contributed by atoms with Crippen molar-refractivity contribution in [2.75, 3.05) is 11.9 Å². The molecule has 0 aliphatic rings. The maximum atomic E-state index is 13.6. The maximum absolute atomic E-state index is 13.6. The fraction of sp³-hybridized carbons (Fsp3) is 0.318. The molecule has 3 amide bonds. The van der Waals surface area contributed by atoms with Gasteiger partial charge < -0.3 is 20.7 Å². The van der Waals surface area contributed by atoms with Crippen molar-refractivity contribution in [1.29, 1.82) is 0 Å². The molecule has 0 unspecified atom stereocenters. The van der Waals surface area contributed by atoms with Crippen molar-refractivity contribution in [1.82, 2.24) is 10.6 Å². The first-order chi connectivity index (χ1) is 14.1. The van der Waals surface area contributed by atoms with Crippen molar-refractivity contribution >= 4 is 23.6 Å². The van der Waals surface area contributed by atoms with Gasteiger partial charge in [0.2, 0.25) is 11.8 Å². The molecular weight excluding hydrogens is 389 g/mol. The molecule has 0 radical (unpaired) electrons. The van der Waals surface area contributed by atoms with Crippen molar-refractivity contribution in [2.45, 2.75) is 39.3 Å². The number of anilines is 1. The summed E-state index contributed by atoms with van der Waals surface area (Å²) in [5.74, 6) is -1.09. The number of hydrogen-bond donors (Lipinski definition) is 3. The van der Waals surface area contributed by atoms with Gasteiger partial charge in [-0.15, -0.1) is 0 Å². The Bertz CT molecular complexity index is 892. The molecular formula is C22H26FN3O4. The van der Waals surface area contributed by atoms with Gasteiger partial charge in [0.25, 0.3) is 0 Å². The molecule has 0 aliphatic heterocycles. The molecule has 0 fully saturated rings. The number of benzene rings is 2. The third-order valence-corrected chi connectivity index (χ3v) is 3.83. The quantitative estimate of drug-likeness (QED) is 0.647. The number of carbonyl (C=O) groups excluding carboxylic acids is 3. The molecule has 0 saturated carbocycles. The van der Waals surface area contributed by atoms with Crippen LogP contribution in [-0.4, -0.2) is 30.1 Å². The molecule has 2 rings (SSSR count). The van der Waals surface area contributed by atoms with Crippen molar-refractivity contribution in [3.63, 3.8) is 0 Å². The molecule has 7 nitrogen and oxygen atoms in total. The minimum atomic E-state index is -0.667. The lowest BCUT2D eigenvalue weighted by Gasteiger charge is -2.19. The van der Waals surface area contributed by atoms with E-state index in [1.807, 2.05) is 0 Å². The van der Waals surface area contributed by atoms with Crippen molar-refractivity contribution in [2.24, 2.45) is 0 Å². The zero-order chi connectivity index (χ0) is 22.1. The zero-order valence-corrected chi connectivity index (χ0v) is 17.3. The summed E-state index contributed by atoms with van der Waals surface area (Å²) in [5.41, 5.74) is 1.07. The van der Waals surface area contributed by atoms with Crippen LogP contribution in [0, 0.1) is 5.82 Å².